The van der Waals surface area contributed by atoms with Crippen LogP contribution < -0.4 is 0 Å². The van der Waals surface area contributed by atoms with Crippen molar-refractivity contribution in [2.75, 3.05) is 0 Å². The fraction of sp³-hybridized carbons (Fsp3) is 0.833. The number of allylic oxidation sites excluding steroid dienone is 1. The van der Waals surface area contributed by atoms with Gasteiger partial charge < -0.3 is 0 Å². The van der Waals surface area contributed by atoms with Crippen LogP contribution in [0.25, 0.3) is 0 Å². The van der Waals surface area contributed by atoms with Crippen LogP contribution in [0.5, 0.6) is 0 Å². The maximum absolute atomic E-state index is 8.97. The number of hydrogen-bond acceptors (Lipinski definition) is 1. The second kappa shape index (κ2) is 11.1. The molecule has 0 unspecified atom stereocenters. The van der Waals surface area contributed by atoms with E-state index in [1.807, 2.05) is 0 Å². The second-order valence-electron chi connectivity index (χ2n) is 6.32. The van der Waals surface area contributed by atoms with Gasteiger partial charge in [-0.3, -0.25) is 0 Å². The Bertz CT molecular complexity index is 260. The van der Waals surface area contributed by atoms with E-state index in [1.54, 1.807) is 0 Å². The van der Waals surface area contributed by atoms with Crippen LogP contribution >= 0.6 is 0 Å². The molecule has 0 aliphatic heterocycles. The molecule has 0 heterocycles. The van der Waals surface area contributed by atoms with Crippen LogP contribution in [0.2, 0.25) is 0 Å². The molecule has 1 heteroatoms. The summed E-state index contributed by atoms with van der Waals surface area (Å²) >= 11 is 0. The summed E-state index contributed by atoms with van der Waals surface area (Å²) in [6.45, 7) is 10.7. The molecule has 0 saturated heterocycles. The molecule has 0 amide bonds. The molecule has 0 rings (SSSR count). The Hall–Kier alpha value is -0.770. The van der Waals surface area contributed by atoms with Crippen molar-refractivity contribution in [1.29, 1.82) is 5.26 Å². The summed E-state index contributed by atoms with van der Waals surface area (Å²) in [6, 6.07) is 2.23. The number of nitrogens with zero attached hydrogens (tertiary/aromatic N) is 1. The molecule has 19 heavy (non-hydrogen) atoms. The molecule has 0 radical (unpaired) electrons. The Labute approximate surface area is 121 Å². The van der Waals surface area contributed by atoms with E-state index in [0.29, 0.717) is 5.41 Å². The molecule has 0 atom stereocenters. The maximum Gasteiger partial charge on any atom is 0.0941 e. The largest absolute Gasteiger partial charge is 0.193 e. The molecule has 0 saturated carbocycles. The maximum atomic E-state index is 8.97. The summed E-state index contributed by atoms with van der Waals surface area (Å²) in [7, 11) is 0. The molecule has 0 spiro atoms. The lowest BCUT2D eigenvalue weighted by Gasteiger charge is -2.29. The van der Waals surface area contributed by atoms with Crippen LogP contribution in [-0.4, -0.2) is 0 Å². The first-order valence-corrected chi connectivity index (χ1v) is 8.16. The smallest absolute Gasteiger partial charge is 0.0941 e. The zero-order chi connectivity index (χ0) is 14.6. The average Bonchev–Trinajstić information content (AvgIpc) is 2.40. The highest BCUT2D eigenvalue weighted by atomic mass is 14.3. The number of nitriles is 1. The first-order valence-electron chi connectivity index (χ1n) is 8.16. The third kappa shape index (κ3) is 9.77. The normalized spacial score (nSPS) is 11.3. The van der Waals surface area contributed by atoms with E-state index in [-0.39, 0.29) is 0 Å². The highest BCUT2D eigenvalue weighted by molar-refractivity contribution is 5.17. The predicted octanol–water partition coefficient (Wildman–Crippen LogP) is 6.40. The van der Waals surface area contributed by atoms with E-state index < -0.39 is 0 Å². The van der Waals surface area contributed by atoms with Crippen molar-refractivity contribution >= 4 is 0 Å². The third-order valence-corrected chi connectivity index (χ3v) is 4.07. The molecule has 0 aromatic carbocycles. The van der Waals surface area contributed by atoms with Crippen LogP contribution in [0.4, 0.5) is 0 Å². The van der Waals surface area contributed by atoms with Crippen molar-refractivity contribution in [3.05, 3.63) is 12.2 Å². The molecule has 0 aromatic heterocycles. The summed E-state index contributed by atoms with van der Waals surface area (Å²) in [4.78, 5) is 0. The van der Waals surface area contributed by atoms with E-state index in [0.717, 1.165) is 12.0 Å². The number of rotatable bonds is 12. The lowest BCUT2D eigenvalue weighted by atomic mass is 9.75. The van der Waals surface area contributed by atoms with Gasteiger partial charge in [-0.25, -0.2) is 0 Å². The van der Waals surface area contributed by atoms with Crippen molar-refractivity contribution < 1.29 is 0 Å². The molecular formula is C18H33N. The van der Waals surface area contributed by atoms with Gasteiger partial charge in [-0.1, -0.05) is 78.7 Å². The van der Waals surface area contributed by atoms with Gasteiger partial charge in [0.15, 0.2) is 0 Å². The van der Waals surface area contributed by atoms with Gasteiger partial charge in [0.05, 0.1) is 6.07 Å². The molecule has 110 valence electrons. The van der Waals surface area contributed by atoms with E-state index in [2.05, 4.69) is 33.4 Å². The molecule has 0 fully saturated rings. The van der Waals surface area contributed by atoms with Gasteiger partial charge in [0.25, 0.3) is 0 Å². The number of unbranched alkanes of at least 4 members (excludes halogenated alkanes) is 6. The lowest BCUT2D eigenvalue weighted by molar-refractivity contribution is 0.251. The second-order valence-corrected chi connectivity index (χ2v) is 6.32. The van der Waals surface area contributed by atoms with Crippen molar-refractivity contribution in [2.45, 2.75) is 91.4 Å². The Morgan fingerprint density at radius 3 is 1.79 bits per heavy atom. The highest BCUT2D eigenvalue weighted by Gasteiger charge is 2.24. The Morgan fingerprint density at radius 2 is 1.42 bits per heavy atom. The summed E-state index contributed by atoms with van der Waals surface area (Å²) in [5, 5.41) is 8.97. The molecule has 1 nitrogen and oxygen atoms in total. The quantitative estimate of drug-likeness (QED) is 0.295. The topological polar surface area (TPSA) is 23.8 Å². The van der Waals surface area contributed by atoms with Gasteiger partial charge in [-0.15, -0.1) is 0 Å². The minimum Gasteiger partial charge on any atom is -0.193 e. The van der Waals surface area contributed by atoms with Crippen LogP contribution in [0.3, 0.4) is 0 Å². The average molecular weight is 263 g/mol. The third-order valence-electron chi connectivity index (χ3n) is 4.07. The molecular weight excluding hydrogens is 230 g/mol. The van der Waals surface area contributed by atoms with Crippen molar-refractivity contribution in [2.24, 2.45) is 5.41 Å². The van der Waals surface area contributed by atoms with E-state index in [1.165, 1.54) is 64.2 Å². The van der Waals surface area contributed by atoms with E-state index >= 15 is 0 Å². The van der Waals surface area contributed by atoms with E-state index in [4.69, 9.17) is 5.26 Å². The summed E-state index contributed by atoms with van der Waals surface area (Å²) < 4.78 is 0. The summed E-state index contributed by atoms with van der Waals surface area (Å²) in [6.07, 6.45) is 13.9. The fourth-order valence-corrected chi connectivity index (χ4v) is 2.81. The first-order chi connectivity index (χ1) is 9.08. The highest BCUT2D eigenvalue weighted by Crippen LogP contribution is 2.37. The van der Waals surface area contributed by atoms with Gasteiger partial charge in [0.2, 0.25) is 0 Å². The Kier molecular flexibility index (Phi) is 10.6. The molecule has 0 aliphatic rings. The zero-order valence-electron chi connectivity index (χ0n) is 13.4. The Balaban J connectivity index is 4.19. The molecule has 0 bridgehead atoms. The molecule has 0 aromatic rings. The van der Waals surface area contributed by atoms with Gasteiger partial charge in [-0.2, -0.15) is 5.26 Å². The van der Waals surface area contributed by atoms with Gasteiger partial charge in [0.1, 0.15) is 0 Å². The Morgan fingerprint density at radius 1 is 0.947 bits per heavy atom. The summed E-state index contributed by atoms with van der Waals surface area (Å²) in [5.41, 5.74) is 1.06. The van der Waals surface area contributed by atoms with Crippen molar-refractivity contribution in [1.82, 2.24) is 0 Å². The van der Waals surface area contributed by atoms with Crippen LogP contribution in [0, 0.1) is 16.7 Å². The van der Waals surface area contributed by atoms with Crippen LogP contribution in [-0.2, 0) is 0 Å². The predicted molar refractivity (Wildman–Crippen MR) is 85.0 cm³/mol. The lowest BCUT2D eigenvalue weighted by Crippen LogP contribution is -2.17. The monoisotopic (exact) mass is 263 g/mol. The minimum absolute atomic E-state index is 0.300. The van der Waals surface area contributed by atoms with Crippen LogP contribution in [0.1, 0.15) is 91.4 Å². The minimum atomic E-state index is 0.300. The van der Waals surface area contributed by atoms with Gasteiger partial charge in [-0.05, 0) is 24.7 Å². The molecule has 0 aliphatic carbocycles. The zero-order valence-corrected chi connectivity index (χ0v) is 13.4. The van der Waals surface area contributed by atoms with Crippen LogP contribution in [0.15, 0.2) is 12.2 Å². The SMILES string of the molecule is C=C(C#N)CC(C)(CCCCCC)CCCCCC. The van der Waals surface area contributed by atoms with E-state index in [9.17, 15) is 0 Å². The van der Waals surface area contributed by atoms with Crippen molar-refractivity contribution in [3.8, 4) is 6.07 Å². The summed E-state index contributed by atoms with van der Waals surface area (Å²) in [5.74, 6) is 0. The fourth-order valence-electron chi connectivity index (χ4n) is 2.81. The standard InChI is InChI=1S/C18H33N/c1-5-7-9-11-13-18(4,15-17(3)16-19)14-12-10-8-6-2/h3,5-15H2,1-2,4H3. The van der Waals surface area contributed by atoms with Gasteiger partial charge in [0, 0.05) is 5.57 Å². The first kappa shape index (κ1) is 18.2. The number of hydrogen-bond donors (Lipinski definition) is 0. The van der Waals surface area contributed by atoms with Gasteiger partial charge >= 0.3 is 0 Å². The van der Waals surface area contributed by atoms with Crippen molar-refractivity contribution in [3.63, 3.8) is 0 Å². The molecule has 0 N–H and O–H groups in total.